The fourth-order valence-corrected chi connectivity index (χ4v) is 0.343. The minimum Gasteiger partial charge on any atom is -0.385 e. The number of oxime groups is 1. The van der Waals surface area contributed by atoms with Crippen molar-refractivity contribution in [1.29, 1.82) is 0 Å². The van der Waals surface area contributed by atoms with Crippen LogP contribution in [0.2, 0.25) is 0 Å². The van der Waals surface area contributed by atoms with E-state index in [2.05, 4.69) is 9.99 Å². The van der Waals surface area contributed by atoms with Crippen LogP contribution in [-0.2, 0) is 4.84 Å². The molecule has 0 fully saturated rings. The molecule has 0 bridgehead atoms. The first kappa shape index (κ1) is 9.87. The Morgan fingerprint density at radius 3 is 2.45 bits per heavy atom. The summed E-state index contributed by atoms with van der Waals surface area (Å²) in [7, 11) is 0. The first-order valence-electron chi connectivity index (χ1n) is 2.99. The molecule has 0 aliphatic carbocycles. The normalized spacial score (nSPS) is 13.9. The van der Waals surface area contributed by atoms with Crippen molar-refractivity contribution >= 4 is 5.84 Å². The van der Waals surface area contributed by atoms with Crippen LogP contribution in [0.1, 0.15) is 13.8 Å². The van der Waals surface area contributed by atoms with Gasteiger partial charge in [-0.2, -0.15) is 0 Å². The van der Waals surface area contributed by atoms with Crippen molar-refractivity contribution < 1.29 is 13.6 Å². The van der Waals surface area contributed by atoms with Gasteiger partial charge in [-0.3, -0.25) is 0 Å². The van der Waals surface area contributed by atoms with Crippen molar-refractivity contribution in [2.45, 2.75) is 20.3 Å². The van der Waals surface area contributed by atoms with Crippen LogP contribution in [0.3, 0.4) is 0 Å². The molecule has 11 heavy (non-hydrogen) atoms. The van der Waals surface area contributed by atoms with Crippen LogP contribution in [0.15, 0.2) is 17.0 Å². The average molecular weight is 164 g/mol. The summed E-state index contributed by atoms with van der Waals surface area (Å²) in [5, 5.41) is 3.16. The van der Waals surface area contributed by atoms with Gasteiger partial charge in [0.1, 0.15) is 5.84 Å². The molecular weight excluding hydrogens is 154 g/mol. The van der Waals surface area contributed by atoms with Gasteiger partial charge in [0.15, 0.2) is 5.76 Å². The van der Waals surface area contributed by atoms with Gasteiger partial charge in [-0.1, -0.05) is 5.16 Å². The summed E-state index contributed by atoms with van der Waals surface area (Å²) in [5.41, 5.74) is 5.05. The van der Waals surface area contributed by atoms with Crippen LogP contribution >= 0.6 is 0 Å². The fraction of sp³-hybridized carbons (Fsp3) is 0.500. The predicted molar refractivity (Wildman–Crippen MR) is 38.1 cm³/mol. The second-order valence-electron chi connectivity index (χ2n) is 1.82. The van der Waals surface area contributed by atoms with Crippen LogP contribution in [0, 0.1) is 0 Å². The minimum atomic E-state index is -2.65. The lowest BCUT2D eigenvalue weighted by Crippen LogP contribution is -2.07. The molecule has 0 spiro atoms. The smallest absolute Gasteiger partial charge is 0.297 e. The highest BCUT2D eigenvalue weighted by Crippen LogP contribution is 2.09. The van der Waals surface area contributed by atoms with Gasteiger partial charge in [-0.15, -0.1) is 0 Å². The Morgan fingerprint density at radius 2 is 2.18 bits per heavy atom. The zero-order valence-corrected chi connectivity index (χ0v) is 6.34. The van der Waals surface area contributed by atoms with Crippen molar-refractivity contribution in [2.75, 3.05) is 0 Å². The summed E-state index contributed by atoms with van der Waals surface area (Å²) >= 11 is 0. The van der Waals surface area contributed by atoms with E-state index in [1.165, 1.54) is 13.8 Å². The molecule has 0 atom stereocenters. The van der Waals surface area contributed by atoms with E-state index in [9.17, 15) is 8.78 Å². The second kappa shape index (κ2) is 4.65. The highest BCUT2D eigenvalue weighted by Gasteiger charge is 2.10. The van der Waals surface area contributed by atoms with E-state index in [0.717, 1.165) is 6.08 Å². The molecule has 0 radical (unpaired) electrons. The molecule has 0 unspecified atom stereocenters. The topological polar surface area (TPSA) is 47.6 Å². The second-order valence-corrected chi connectivity index (χ2v) is 1.82. The number of halogens is 2. The molecule has 2 N–H and O–H groups in total. The average Bonchev–Trinajstić information content (AvgIpc) is 1.87. The molecule has 0 rings (SSSR count). The zero-order valence-electron chi connectivity index (χ0n) is 6.34. The molecule has 5 heteroatoms. The first-order chi connectivity index (χ1) is 5.07. The Hall–Kier alpha value is -1.13. The Kier molecular flexibility index (Phi) is 4.17. The summed E-state index contributed by atoms with van der Waals surface area (Å²) < 4.78 is 23.7. The molecule has 3 nitrogen and oxygen atoms in total. The maximum absolute atomic E-state index is 11.8. The van der Waals surface area contributed by atoms with Gasteiger partial charge >= 0.3 is 0 Å². The van der Waals surface area contributed by atoms with Crippen LogP contribution < -0.4 is 5.73 Å². The molecule has 0 aromatic rings. The molecule has 0 aliphatic rings. The summed E-state index contributed by atoms with van der Waals surface area (Å²) in [5.74, 6) is -0.389. The van der Waals surface area contributed by atoms with E-state index < -0.39 is 12.2 Å². The van der Waals surface area contributed by atoms with E-state index >= 15 is 0 Å². The van der Waals surface area contributed by atoms with Crippen molar-refractivity contribution in [2.24, 2.45) is 10.9 Å². The summed E-state index contributed by atoms with van der Waals surface area (Å²) in [6, 6.07) is 0. The third-order valence-corrected chi connectivity index (χ3v) is 0.795. The SMILES string of the molecule is C/C=C(\O/N=C(/C)N)C(F)F. The number of hydrogen-bond donors (Lipinski definition) is 1. The summed E-state index contributed by atoms with van der Waals surface area (Å²) in [6.45, 7) is 2.88. The van der Waals surface area contributed by atoms with E-state index in [0.29, 0.717) is 0 Å². The van der Waals surface area contributed by atoms with Gasteiger partial charge in [-0.05, 0) is 19.9 Å². The van der Waals surface area contributed by atoms with Gasteiger partial charge in [-0.25, -0.2) is 8.78 Å². The van der Waals surface area contributed by atoms with Crippen LogP contribution in [0.25, 0.3) is 0 Å². The largest absolute Gasteiger partial charge is 0.385 e. The van der Waals surface area contributed by atoms with Crippen molar-refractivity contribution in [3.63, 3.8) is 0 Å². The van der Waals surface area contributed by atoms with E-state index in [1.54, 1.807) is 0 Å². The number of nitrogens with two attached hydrogens (primary N) is 1. The van der Waals surface area contributed by atoms with Gasteiger partial charge in [0, 0.05) is 0 Å². The van der Waals surface area contributed by atoms with Crippen molar-refractivity contribution in [3.8, 4) is 0 Å². The Labute approximate surface area is 63.5 Å². The molecule has 0 aliphatic heterocycles. The molecule has 0 aromatic carbocycles. The lowest BCUT2D eigenvalue weighted by molar-refractivity contribution is 0.0853. The molecule has 0 saturated carbocycles. The molecule has 0 aromatic heterocycles. The lowest BCUT2D eigenvalue weighted by Gasteiger charge is -2.01. The minimum absolute atomic E-state index is 0.102. The van der Waals surface area contributed by atoms with Crippen LogP contribution in [0.4, 0.5) is 8.78 Å². The zero-order chi connectivity index (χ0) is 8.85. The highest BCUT2D eigenvalue weighted by molar-refractivity contribution is 5.76. The standard InChI is InChI=1S/C6H10F2N2O/c1-3-5(6(7)8)11-10-4(2)9/h3,6H,1-2H3,(H2,9,10)/b5-3-. The van der Waals surface area contributed by atoms with Gasteiger partial charge in [0.25, 0.3) is 6.43 Å². The van der Waals surface area contributed by atoms with Gasteiger partial charge in [0.2, 0.25) is 0 Å². The fourth-order valence-electron chi connectivity index (χ4n) is 0.343. The Morgan fingerprint density at radius 1 is 1.64 bits per heavy atom. The van der Waals surface area contributed by atoms with Gasteiger partial charge in [0.05, 0.1) is 0 Å². The van der Waals surface area contributed by atoms with Crippen molar-refractivity contribution in [3.05, 3.63) is 11.8 Å². The molecule has 0 saturated heterocycles. The first-order valence-corrected chi connectivity index (χ1v) is 2.99. The maximum atomic E-state index is 11.8. The van der Waals surface area contributed by atoms with Crippen LogP contribution in [-0.4, -0.2) is 12.3 Å². The quantitative estimate of drug-likeness (QED) is 0.297. The number of allylic oxidation sites excluding steroid dienone is 2. The van der Waals surface area contributed by atoms with E-state index in [1.807, 2.05) is 0 Å². The Bertz CT molecular complexity index is 173. The van der Waals surface area contributed by atoms with Crippen molar-refractivity contribution in [1.82, 2.24) is 0 Å². The van der Waals surface area contributed by atoms with Crippen LogP contribution in [0.5, 0.6) is 0 Å². The number of amidine groups is 1. The number of alkyl halides is 2. The predicted octanol–water partition coefficient (Wildman–Crippen LogP) is 1.46. The van der Waals surface area contributed by atoms with E-state index in [4.69, 9.17) is 5.73 Å². The molecular formula is C6H10F2N2O. The summed E-state index contributed by atoms with van der Waals surface area (Å²) in [6.07, 6.45) is -1.51. The number of hydrogen-bond acceptors (Lipinski definition) is 2. The number of nitrogens with zero attached hydrogens (tertiary/aromatic N) is 1. The molecule has 0 heterocycles. The van der Waals surface area contributed by atoms with Gasteiger partial charge < -0.3 is 10.6 Å². The monoisotopic (exact) mass is 164 g/mol. The third kappa shape index (κ3) is 4.30. The van der Waals surface area contributed by atoms with E-state index in [-0.39, 0.29) is 5.84 Å². The molecule has 0 amide bonds. The number of rotatable bonds is 3. The highest BCUT2D eigenvalue weighted by atomic mass is 19.3. The molecule has 64 valence electrons. The Balaban J connectivity index is 4.02. The summed E-state index contributed by atoms with van der Waals surface area (Å²) in [4.78, 5) is 4.29. The third-order valence-electron chi connectivity index (χ3n) is 0.795. The maximum Gasteiger partial charge on any atom is 0.297 e. The lowest BCUT2D eigenvalue weighted by atomic mass is 10.5.